The monoisotopic (exact) mass is 340 g/mol. The van der Waals surface area contributed by atoms with E-state index in [2.05, 4.69) is 0 Å². The van der Waals surface area contributed by atoms with Crippen LogP contribution in [-0.4, -0.2) is 22.2 Å². The first kappa shape index (κ1) is 14.7. The topological polar surface area (TPSA) is 74.6 Å². The van der Waals surface area contributed by atoms with Crippen molar-refractivity contribution < 1.29 is 19.8 Å². The average molecular weight is 340 g/mol. The van der Waals surface area contributed by atoms with E-state index in [1.54, 1.807) is 24.3 Å². The van der Waals surface area contributed by atoms with Crippen molar-refractivity contribution in [3.05, 3.63) is 71.8 Å². The minimum absolute atomic E-state index is 0.193. The molecule has 0 heterocycles. The Morgan fingerprint density at radius 3 is 2.04 bits per heavy atom. The van der Waals surface area contributed by atoms with Gasteiger partial charge in [0.25, 0.3) is 0 Å². The first-order chi connectivity index (χ1) is 12.6. The second-order valence-electron chi connectivity index (χ2n) is 6.43. The highest BCUT2D eigenvalue weighted by molar-refractivity contribution is 6.35. The van der Waals surface area contributed by atoms with Crippen molar-refractivity contribution >= 4 is 55.0 Å². The standard InChI is InChI=1S/C22H12O4/c23-21(24)13-9-12-7-8-16(22(25)26)20-15-6-2-4-11-3-1-5-14(18(11)15)17(10-13)19(12)20/h1-10H,(H,23,24)(H,25,26). The van der Waals surface area contributed by atoms with Crippen LogP contribution in [0.4, 0.5) is 0 Å². The molecule has 2 N–H and O–H groups in total. The molecule has 0 aromatic heterocycles. The van der Waals surface area contributed by atoms with Gasteiger partial charge in [0, 0.05) is 5.39 Å². The van der Waals surface area contributed by atoms with Crippen molar-refractivity contribution in [2.24, 2.45) is 0 Å². The van der Waals surface area contributed by atoms with Gasteiger partial charge in [-0.25, -0.2) is 9.59 Å². The molecule has 0 atom stereocenters. The molecule has 0 aliphatic carbocycles. The Hall–Kier alpha value is -3.66. The molecule has 5 rings (SSSR count). The molecule has 0 saturated heterocycles. The third-order valence-corrected chi connectivity index (χ3v) is 5.06. The molecule has 0 fully saturated rings. The van der Waals surface area contributed by atoms with Gasteiger partial charge in [-0.15, -0.1) is 0 Å². The summed E-state index contributed by atoms with van der Waals surface area (Å²) in [6.45, 7) is 0. The number of benzene rings is 5. The van der Waals surface area contributed by atoms with Gasteiger partial charge in [-0.2, -0.15) is 0 Å². The zero-order chi connectivity index (χ0) is 18.0. The van der Waals surface area contributed by atoms with E-state index in [4.69, 9.17) is 0 Å². The quantitative estimate of drug-likeness (QED) is 0.345. The Morgan fingerprint density at radius 1 is 0.615 bits per heavy atom. The first-order valence-corrected chi connectivity index (χ1v) is 8.16. The molecule has 4 nitrogen and oxygen atoms in total. The lowest BCUT2D eigenvalue weighted by molar-refractivity contribution is 0.0687. The highest BCUT2D eigenvalue weighted by Crippen LogP contribution is 2.42. The van der Waals surface area contributed by atoms with Crippen LogP contribution in [0.15, 0.2) is 60.7 Å². The Labute approximate surface area is 147 Å². The predicted octanol–water partition coefficient (Wildman–Crippen LogP) is 5.13. The number of aromatic carboxylic acids is 2. The molecule has 0 radical (unpaired) electrons. The lowest BCUT2D eigenvalue weighted by Crippen LogP contribution is -2.01. The fourth-order valence-corrected chi connectivity index (χ4v) is 4.03. The van der Waals surface area contributed by atoms with E-state index in [1.807, 2.05) is 36.4 Å². The molecule has 0 saturated carbocycles. The predicted molar refractivity (Wildman–Crippen MR) is 102 cm³/mol. The maximum Gasteiger partial charge on any atom is 0.336 e. The number of fused-ring (bicyclic) bond motifs is 2. The van der Waals surface area contributed by atoms with E-state index in [0.717, 1.165) is 37.7 Å². The number of hydrogen-bond acceptors (Lipinski definition) is 2. The minimum Gasteiger partial charge on any atom is -0.478 e. The number of hydrogen-bond donors (Lipinski definition) is 2. The largest absolute Gasteiger partial charge is 0.478 e. The number of carboxylic acid groups (broad SMARTS) is 2. The summed E-state index contributed by atoms with van der Waals surface area (Å²) in [6.07, 6.45) is 0. The molecule has 5 aromatic rings. The van der Waals surface area contributed by atoms with Crippen molar-refractivity contribution in [2.45, 2.75) is 0 Å². The van der Waals surface area contributed by atoms with Crippen LogP contribution in [-0.2, 0) is 0 Å². The molecular formula is C22H12O4. The van der Waals surface area contributed by atoms with E-state index in [0.29, 0.717) is 5.39 Å². The van der Waals surface area contributed by atoms with Gasteiger partial charge in [0.15, 0.2) is 0 Å². The van der Waals surface area contributed by atoms with Gasteiger partial charge >= 0.3 is 11.9 Å². The lowest BCUT2D eigenvalue weighted by Gasteiger charge is -2.16. The summed E-state index contributed by atoms with van der Waals surface area (Å²) in [6, 6.07) is 18.2. The highest BCUT2D eigenvalue weighted by atomic mass is 16.4. The SMILES string of the molecule is O=C(O)c1cc2ccc(C(=O)O)c3c4cccc5cccc(c(c1)c23)c54. The van der Waals surface area contributed by atoms with Crippen molar-refractivity contribution in [3.8, 4) is 0 Å². The highest BCUT2D eigenvalue weighted by Gasteiger charge is 2.19. The lowest BCUT2D eigenvalue weighted by atomic mass is 9.87. The van der Waals surface area contributed by atoms with Gasteiger partial charge in [-0.1, -0.05) is 42.5 Å². The average Bonchev–Trinajstić information content (AvgIpc) is 2.64. The van der Waals surface area contributed by atoms with Crippen LogP contribution in [0.5, 0.6) is 0 Å². The summed E-state index contributed by atoms with van der Waals surface area (Å²) < 4.78 is 0. The van der Waals surface area contributed by atoms with Gasteiger partial charge < -0.3 is 10.2 Å². The van der Waals surface area contributed by atoms with E-state index >= 15 is 0 Å². The summed E-state index contributed by atoms with van der Waals surface area (Å²) in [7, 11) is 0. The third kappa shape index (κ3) is 1.78. The zero-order valence-corrected chi connectivity index (χ0v) is 13.5. The number of carboxylic acids is 2. The fraction of sp³-hybridized carbons (Fsp3) is 0. The van der Waals surface area contributed by atoms with E-state index in [9.17, 15) is 19.8 Å². The minimum atomic E-state index is -1.00. The second-order valence-corrected chi connectivity index (χ2v) is 6.43. The summed E-state index contributed by atoms with van der Waals surface area (Å²) >= 11 is 0. The van der Waals surface area contributed by atoms with Crippen molar-refractivity contribution in [1.82, 2.24) is 0 Å². The molecule has 0 spiro atoms. The van der Waals surface area contributed by atoms with Crippen LogP contribution in [0, 0.1) is 0 Å². The molecule has 124 valence electrons. The molecule has 4 heteroatoms. The molecule has 26 heavy (non-hydrogen) atoms. The summed E-state index contributed by atoms with van der Waals surface area (Å²) in [5.74, 6) is -2.00. The third-order valence-electron chi connectivity index (χ3n) is 5.06. The smallest absolute Gasteiger partial charge is 0.336 e. The maximum atomic E-state index is 11.9. The van der Waals surface area contributed by atoms with E-state index < -0.39 is 11.9 Å². The first-order valence-electron chi connectivity index (χ1n) is 8.16. The summed E-state index contributed by atoms with van der Waals surface area (Å²) in [4.78, 5) is 23.5. The van der Waals surface area contributed by atoms with Gasteiger partial charge in [-0.3, -0.25) is 0 Å². The van der Waals surface area contributed by atoms with Gasteiger partial charge in [0.05, 0.1) is 11.1 Å². The van der Waals surface area contributed by atoms with Crippen molar-refractivity contribution in [1.29, 1.82) is 0 Å². The molecule has 0 aliphatic heterocycles. The van der Waals surface area contributed by atoms with Crippen LogP contribution in [0.3, 0.4) is 0 Å². The maximum absolute atomic E-state index is 11.9. The summed E-state index contributed by atoms with van der Waals surface area (Å²) in [5, 5.41) is 25.9. The number of carbonyl (C=O) groups is 2. The number of rotatable bonds is 2. The molecule has 5 aromatic carbocycles. The Morgan fingerprint density at radius 2 is 1.35 bits per heavy atom. The molecule has 0 bridgehead atoms. The van der Waals surface area contributed by atoms with Gasteiger partial charge in [0.2, 0.25) is 0 Å². The van der Waals surface area contributed by atoms with E-state index in [1.165, 1.54) is 0 Å². The van der Waals surface area contributed by atoms with Crippen LogP contribution >= 0.6 is 0 Å². The normalized spacial score (nSPS) is 11.7. The Bertz CT molecular complexity index is 1380. The molecule has 0 amide bonds. The van der Waals surface area contributed by atoms with Crippen molar-refractivity contribution in [3.63, 3.8) is 0 Å². The van der Waals surface area contributed by atoms with Crippen LogP contribution < -0.4 is 0 Å². The molecule has 0 aliphatic rings. The van der Waals surface area contributed by atoms with Gasteiger partial charge in [0.1, 0.15) is 0 Å². The van der Waals surface area contributed by atoms with Gasteiger partial charge in [-0.05, 0) is 55.9 Å². The Kier molecular flexibility index (Phi) is 2.78. The van der Waals surface area contributed by atoms with Crippen LogP contribution in [0.25, 0.3) is 43.1 Å². The van der Waals surface area contributed by atoms with E-state index in [-0.39, 0.29) is 11.1 Å². The Balaban J connectivity index is 2.22. The summed E-state index contributed by atoms with van der Waals surface area (Å²) in [5.41, 5.74) is 0.418. The molecular weight excluding hydrogens is 328 g/mol. The second kappa shape index (κ2) is 4.92. The molecule has 0 unspecified atom stereocenters. The van der Waals surface area contributed by atoms with Crippen LogP contribution in [0.1, 0.15) is 20.7 Å². The zero-order valence-electron chi connectivity index (χ0n) is 13.5. The fourth-order valence-electron chi connectivity index (χ4n) is 4.03. The van der Waals surface area contributed by atoms with Crippen LogP contribution in [0.2, 0.25) is 0 Å². The van der Waals surface area contributed by atoms with Crippen molar-refractivity contribution in [2.75, 3.05) is 0 Å².